The van der Waals surface area contributed by atoms with Gasteiger partial charge in [-0.25, -0.2) is 4.68 Å². The molecule has 4 rings (SSSR count). The van der Waals surface area contributed by atoms with Gasteiger partial charge >= 0.3 is 0 Å². The second-order valence-electron chi connectivity index (χ2n) is 6.42. The highest BCUT2D eigenvalue weighted by Crippen LogP contribution is 2.53. The Hall–Kier alpha value is -1.77. The average Bonchev–Trinajstić information content (AvgIpc) is 3.17. The summed E-state index contributed by atoms with van der Waals surface area (Å²) >= 11 is 0. The third-order valence-electron chi connectivity index (χ3n) is 5.29. The molecule has 3 heteroatoms. The summed E-state index contributed by atoms with van der Waals surface area (Å²) in [5, 5.41) is 4.87. The standard InChI is InChI=1S/C17H21N3/c1-11-16(15-10-12-7-8-13(15)9-12)19-20(17(11)18)14-5-3-2-4-6-14/h2-6,12-13,15H,7-10,18H2,1H3. The molecule has 0 spiro atoms. The Bertz CT molecular complexity index is 629. The van der Waals surface area contributed by atoms with Gasteiger partial charge in [0.05, 0.1) is 11.4 Å². The van der Waals surface area contributed by atoms with Crippen molar-refractivity contribution < 1.29 is 0 Å². The van der Waals surface area contributed by atoms with Gasteiger partial charge in [-0.2, -0.15) is 5.10 Å². The zero-order valence-corrected chi connectivity index (χ0v) is 11.9. The number of para-hydroxylation sites is 1. The molecular formula is C17H21N3. The Morgan fingerprint density at radius 2 is 1.95 bits per heavy atom. The summed E-state index contributed by atoms with van der Waals surface area (Å²) in [6, 6.07) is 10.2. The van der Waals surface area contributed by atoms with E-state index in [2.05, 4.69) is 19.1 Å². The summed E-state index contributed by atoms with van der Waals surface area (Å²) in [7, 11) is 0. The summed E-state index contributed by atoms with van der Waals surface area (Å²) < 4.78 is 1.91. The normalized spacial score (nSPS) is 28.1. The molecule has 1 aromatic carbocycles. The number of rotatable bonds is 2. The van der Waals surface area contributed by atoms with Crippen molar-refractivity contribution in [1.29, 1.82) is 0 Å². The molecule has 2 aliphatic rings. The number of hydrogen-bond acceptors (Lipinski definition) is 2. The molecule has 3 nitrogen and oxygen atoms in total. The lowest BCUT2D eigenvalue weighted by Gasteiger charge is -2.20. The summed E-state index contributed by atoms with van der Waals surface area (Å²) in [5.41, 5.74) is 9.79. The maximum absolute atomic E-state index is 6.30. The third-order valence-corrected chi connectivity index (χ3v) is 5.29. The van der Waals surface area contributed by atoms with Gasteiger partial charge in [0.1, 0.15) is 5.82 Å². The Kier molecular flexibility index (Phi) is 2.62. The van der Waals surface area contributed by atoms with E-state index in [1.165, 1.54) is 36.9 Å². The molecule has 2 aliphatic carbocycles. The van der Waals surface area contributed by atoms with E-state index < -0.39 is 0 Å². The predicted octanol–water partition coefficient (Wildman–Crippen LogP) is 3.67. The molecule has 104 valence electrons. The first-order valence-corrected chi connectivity index (χ1v) is 7.64. The molecule has 0 saturated heterocycles. The number of nitrogen functional groups attached to an aromatic ring is 1. The fraction of sp³-hybridized carbons (Fsp3) is 0.471. The van der Waals surface area contributed by atoms with Crippen LogP contribution in [-0.2, 0) is 0 Å². The SMILES string of the molecule is Cc1c(C2CC3CCC2C3)nn(-c2ccccc2)c1N. The summed E-state index contributed by atoms with van der Waals surface area (Å²) in [6.07, 6.45) is 5.53. The van der Waals surface area contributed by atoms with Gasteiger partial charge in [-0.1, -0.05) is 24.6 Å². The number of benzene rings is 1. The Morgan fingerprint density at radius 3 is 2.60 bits per heavy atom. The van der Waals surface area contributed by atoms with Gasteiger partial charge in [-0.15, -0.1) is 0 Å². The second kappa shape index (κ2) is 4.37. The van der Waals surface area contributed by atoms with Gasteiger partial charge in [-0.3, -0.25) is 0 Å². The number of nitrogens with two attached hydrogens (primary N) is 1. The summed E-state index contributed by atoms with van der Waals surface area (Å²) in [5.74, 6) is 3.22. The molecule has 1 heterocycles. The van der Waals surface area contributed by atoms with E-state index in [-0.39, 0.29) is 0 Å². The summed E-state index contributed by atoms with van der Waals surface area (Å²) in [4.78, 5) is 0. The van der Waals surface area contributed by atoms with E-state index in [4.69, 9.17) is 10.8 Å². The van der Waals surface area contributed by atoms with Crippen molar-refractivity contribution in [3.05, 3.63) is 41.6 Å². The third kappa shape index (κ3) is 1.69. The van der Waals surface area contributed by atoms with Crippen LogP contribution in [-0.4, -0.2) is 9.78 Å². The van der Waals surface area contributed by atoms with Crippen LogP contribution in [0.25, 0.3) is 5.69 Å². The minimum Gasteiger partial charge on any atom is -0.383 e. The summed E-state index contributed by atoms with van der Waals surface area (Å²) in [6.45, 7) is 2.13. The van der Waals surface area contributed by atoms with Gasteiger partial charge in [0, 0.05) is 11.5 Å². The Balaban J connectivity index is 1.75. The quantitative estimate of drug-likeness (QED) is 0.902. The second-order valence-corrected chi connectivity index (χ2v) is 6.42. The highest BCUT2D eigenvalue weighted by atomic mass is 15.3. The topological polar surface area (TPSA) is 43.8 Å². The molecule has 2 bridgehead atoms. The lowest BCUT2D eigenvalue weighted by atomic mass is 9.85. The van der Waals surface area contributed by atoms with Crippen LogP contribution in [0, 0.1) is 18.8 Å². The first-order valence-electron chi connectivity index (χ1n) is 7.64. The zero-order chi connectivity index (χ0) is 13.7. The van der Waals surface area contributed by atoms with Crippen LogP contribution in [0.5, 0.6) is 0 Å². The Morgan fingerprint density at radius 1 is 1.15 bits per heavy atom. The first kappa shape index (κ1) is 12.0. The van der Waals surface area contributed by atoms with Crippen LogP contribution in [0.2, 0.25) is 0 Å². The maximum Gasteiger partial charge on any atom is 0.130 e. The van der Waals surface area contributed by atoms with Crippen molar-refractivity contribution in [2.24, 2.45) is 11.8 Å². The zero-order valence-electron chi connectivity index (χ0n) is 11.9. The van der Waals surface area contributed by atoms with E-state index in [1.807, 2.05) is 22.9 Å². The maximum atomic E-state index is 6.30. The fourth-order valence-electron chi connectivity index (χ4n) is 4.22. The van der Waals surface area contributed by atoms with Crippen LogP contribution in [0.3, 0.4) is 0 Å². The number of hydrogen-bond donors (Lipinski definition) is 1. The molecular weight excluding hydrogens is 246 g/mol. The molecule has 2 N–H and O–H groups in total. The molecule has 0 amide bonds. The highest BCUT2D eigenvalue weighted by molar-refractivity contribution is 5.50. The molecule has 0 aliphatic heterocycles. The molecule has 20 heavy (non-hydrogen) atoms. The van der Waals surface area contributed by atoms with Crippen LogP contribution >= 0.6 is 0 Å². The van der Waals surface area contributed by atoms with Crippen LogP contribution in [0.1, 0.15) is 42.9 Å². The van der Waals surface area contributed by atoms with E-state index in [0.29, 0.717) is 5.92 Å². The smallest absolute Gasteiger partial charge is 0.130 e. The fourth-order valence-corrected chi connectivity index (χ4v) is 4.22. The van der Waals surface area contributed by atoms with E-state index in [1.54, 1.807) is 0 Å². The lowest BCUT2D eigenvalue weighted by Crippen LogP contribution is -2.10. The molecule has 0 radical (unpaired) electrons. The number of fused-ring (bicyclic) bond motifs is 2. The molecule has 3 atom stereocenters. The van der Waals surface area contributed by atoms with Crippen molar-refractivity contribution in [1.82, 2.24) is 9.78 Å². The van der Waals surface area contributed by atoms with Gasteiger partial charge < -0.3 is 5.73 Å². The minimum absolute atomic E-state index is 0.640. The molecule has 2 aromatic rings. The van der Waals surface area contributed by atoms with Gasteiger partial charge in [0.15, 0.2) is 0 Å². The lowest BCUT2D eigenvalue weighted by molar-refractivity contribution is 0.410. The van der Waals surface area contributed by atoms with Crippen molar-refractivity contribution in [3.8, 4) is 5.69 Å². The average molecular weight is 267 g/mol. The number of aromatic nitrogens is 2. The van der Waals surface area contributed by atoms with Crippen LogP contribution in [0.15, 0.2) is 30.3 Å². The predicted molar refractivity (Wildman–Crippen MR) is 80.9 cm³/mol. The van der Waals surface area contributed by atoms with Crippen molar-refractivity contribution >= 4 is 5.82 Å². The van der Waals surface area contributed by atoms with Gasteiger partial charge in [0.2, 0.25) is 0 Å². The van der Waals surface area contributed by atoms with E-state index in [0.717, 1.165) is 23.3 Å². The number of nitrogens with zero attached hydrogens (tertiary/aromatic N) is 2. The van der Waals surface area contributed by atoms with E-state index >= 15 is 0 Å². The van der Waals surface area contributed by atoms with Crippen molar-refractivity contribution in [3.63, 3.8) is 0 Å². The Labute approximate surface area is 119 Å². The van der Waals surface area contributed by atoms with Gasteiger partial charge in [0.25, 0.3) is 0 Å². The van der Waals surface area contributed by atoms with Crippen LogP contribution < -0.4 is 5.73 Å². The van der Waals surface area contributed by atoms with Crippen LogP contribution in [0.4, 0.5) is 5.82 Å². The molecule has 2 fully saturated rings. The van der Waals surface area contributed by atoms with E-state index in [9.17, 15) is 0 Å². The molecule has 3 unspecified atom stereocenters. The first-order chi connectivity index (χ1) is 9.74. The largest absolute Gasteiger partial charge is 0.383 e. The van der Waals surface area contributed by atoms with Crippen molar-refractivity contribution in [2.75, 3.05) is 5.73 Å². The number of anilines is 1. The van der Waals surface area contributed by atoms with Gasteiger partial charge in [-0.05, 0) is 50.2 Å². The minimum atomic E-state index is 0.640. The highest BCUT2D eigenvalue weighted by Gasteiger charge is 2.42. The molecule has 2 saturated carbocycles. The van der Waals surface area contributed by atoms with Crippen molar-refractivity contribution in [2.45, 2.75) is 38.5 Å². The molecule has 1 aromatic heterocycles. The monoisotopic (exact) mass is 267 g/mol.